The van der Waals surface area contributed by atoms with E-state index in [9.17, 15) is 9.59 Å². The van der Waals surface area contributed by atoms with Crippen molar-refractivity contribution in [1.82, 2.24) is 20.9 Å². The predicted octanol–water partition coefficient (Wildman–Crippen LogP) is 1.37. The van der Waals surface area contributed by atoms with E-state index in [4.69, 9.17) is 0 Å². The molecule has 0 saturated carbocycles. The van der Waals surface area contributed by atoms with Gasteiger partial charge in [-0.1, -0.05) is 36.4 Å². The minimum Gasteiger partial charge on any atom is -0.341 e. The van der Waals surface area contributed by atoms with Crippen LogP contribution in [0.1, 0.15) is 17.3 Å². The Labute approximate surface area is 129 Å². The molecule has 2 rings (SSSR count). The molecule has 0 aliphatic heterocycles. The van der Waals surface area contributed by atoms with Crippen LogP contribution >= 0.6 is 0 Å². The molecule has 1 heterocycles. The standard InChI is InChI=1S/C16H18N4O2/c1-17-16(22)20-15(21)14(12-7-3-2-4-8-12)19-11-13-9-5-6-10-18-13/h2-10,14,19H,11H2,1H3,(H2,17,20,21,22)/t14-/m1/s1. The molecule has 0 fully saturated rings. The van der Waals surface area contributed by atoms with Crippen LogP contribution in [0.4, 0.5) is 4.79 Å². The first-order chi connectivity index (χ1) is 10.7. The van der Waals surface area contributed by atoms with Crippen molar-refractivity contribution < 1.29 is 9.59 Å². The summed E-state index contributed by atoms with van der Waals surface area (Å²) in [6, 6.07) is 13.6. The molecule has 22 heavy (non-hydrogen) atoms. The summed E-state index contributed by atoms with van der Waals surface area (Å²) >= 11 is 0. The van der Waals surface area contributed by atoms with Crippen LogP contribution in [0, 0.1) is 0 Å². The molecule has 2 aromatic rings. The molecule has 114 valence electrons. The van der Waals surface area contributed by atoms with Gasteiger partial charge in [-0.3, -0.25) is 20.4 Å². The zero-order valence-corrected chi connectivity index (χ0v) is 12.2. The van der Waals surface area contributed by atoms with Crippen LogP contribution < -0.4 is 16.0 Å². The Bertz CT molecular complexity index is 617. The van der Waals surface area contributed by atoms with Crippen molar-refractivity contribution >= 4 is 11.9 Å². The summed E-state index contributed by atoms with van der Waals surface area (Å²) in [6.07, 6.45) is 1.69. The fourth-order valence-corrected chi connectivity index (χ4v) is 1.96. The van der Waals surface area contributed by atoms with Crippen LogP contribution in [-0.4, -0.2) is 24.0 Å². The van der Waals surface area contributed by atoms with Gasteiger partial charge in [-0.25, -0.2) is 4.79 Å². The monoisotopic (exact) mass is 298 g/mol. The van der Waals surface area contributed by atoms with E-state index in [1.54, 1.807) is 6.20 Å². The highest BCUT2D eigenvalue weighted by molar-refractivity contribution is 5.97. The first-order valence-corrected chi connectivity index (χ1v) is 6.91. The van der Waals surface area contributed by atoms with Crippen LogP contribution in [0.25, 0.3) is 0 Å². The zero-order chi connectivity index (χ0) is 15.8. The lowest BCUT2D eigenvalue weighted by Gasteiger charge is -2.18. The summed E-state index contributed by atoms with van der Waals surface area (Å²) in [5.74, 6) is -0.415. The average molecular weight is 298 g/mol. The van der Waals surface area contributed by atoms with Gasteiger partial charge in [0, 0.05) is 19.8 Å². The van der Waals surface area contributed by atoms with Crippen molar-refractivity contribution in [1.29, 1.82) is 0 Å². The lowest BCUT2D eigenvalue weighted by atomic mass is 10.1. The topological polar surface area (TPSA) is 83.1 Å². The van der Waals surface area contributed by atoms with Gasteiger partial charge in [0.05, 0.1) is 5.69 Å². The van der Waals surface area contributed by atoms with E-state index >= 15 is 0 Å². The summed E-state index contributed by atoms with van der Waals surface area (Å²) in [4.78, 5) is 27.8. The van der Waals surface area contributed by atoms with E-state index in [2.05, 4.69) is 20.9 Å². The highest BCUT2D eigenvalue weighted by Crippen LogP contribution is 2.13. The first kappa shape index (κ1) is 15.7. The largest absolute Gasteiger partial charge is 0.341 e. The Morgan fingerprint density at radius 2 is 1.82 bits per heavy atom. The normalized spacial score (nSPS) is 11.5. The van der Waals surface area contributed by atoms with Crippen LogP contribution in [0.2, 0.25) is 0 Å². The lowest BCUT2D eigenvalue weighted by Crippen LogP contribution is -2.44. The van der Waals surface area contributed by atoms with Crippen LogP contribution in [-0.2, 0) is 11.3 Å². The second-order valence-electron chi connectivity index (χ2n) is 4.61. The number of hydrogen-bond donors (Lipinski definition) is 3. The lowest BCUT2D eigenvalue weighted by molar-refractivity contribution is -0.122. The number of nitrogens with one attached hydrogen (secondary N) is 3. The van der Waals surface area contributed by atoms with Gasteiger partial charge >= 0.3 is 6.03 Å². The van der Waals surface area contributed by atoms with E-state index in [1.165, 1.54) is 7.05 Å². The van der Waals surface area contributed by atoms with E-state index < -0.39 is 18.0 Å². The van der Waals surface area contributed by atoms with E-state index in [1.807, 2.05) is 48.5 Å². The molecule has 0 aliphatic carbocycles. The molecule has 0 bridgehead atoms. The van der Waals surface area contributed by atoms with Crippen molar-refractivity contribution in [2.24, 2.45) is 0 Å². The summed E-state index contributed by atoms with van der Waals surface area (Å²) in [5.41, 5.74) is 1.59. The highest BCUT2D eigenvalue weighted by atomic mass is 16.2. The number of rotatable bonds is 5. The molecule has 1 atom stereocenters. The van der Waals surface area contributed by atoms with E-state index in [0.717, 1.165) is 11.3 Å². The summed E-state index contributed by atoms with van der Waals surface area (Å²) in [7, 11) is 1.46. The molecule has 1 aromatic carbocycles. The first-order valence-electron chi connectivity index (χ1n) is 6.91. The van der Waals surface area contributed by atoms with Crippen LogP contribution in [0.5, 0.6) is 0 Å². The Hall–Kier alpha value is -2.73. The van der Waals surface area contributed by atoms with Gasteiger partial charge < -0.3 is 5.32 Å². The molecule has 3 amide bonds. The number of amides is 3. The molecule has 0 spiro atoms. The number of imide groups is 1. The van der Waals surface area contributed by atoms with Gasteiger partial charge in [0.1, 0.15) is 6.04 Å². The molecular formula is C16H18N4O2. The number of carbonyl (C=O) groups excluding carboxylic acids is 2. The van der Waals surface area contributed by atoms with E-state index in [-0.39, 0.29) is 0 Å². The Morgan fingerprint density at radius 3 is 2.45 bits per heavy atom. The summed E-state index contributed by atoms with van der Waals surface area (Å²) in [5, 5.41) is 7.78. The fourth-order valence-electron chi connectivity index (χ4n) is 1.96. The Balaban J connectivity index is 2.11. The minimum absolute atomic E-state index is 0.415. The second kappa shape index (κ2) is 7.90. The molecule has 6 nitrogen and oxygen atoms in total. The van der Waals surface area contributed by atoms with Crippen molar-refractivity contribution in [3.8, 4) is 0 Å². The van der Waals surface area contributed by atoms with Gasteiger partial charge in [0.25, 0.3) is 0 Å². The van der Waals surface area contributed by atoms with Gasteiger partial charge in [0.2, 0.25) is 5.91 Å². The van der Waals surface area contributed by atoms with Crippen molar-refractivity contribution in [2.75, 3.05) is 7.05 Å². The zero-order valence-electron chi connectivity index (χ0n) is 12.2. The number of aromatic nitrogens is 1. The molecule has 0 saturated heterocycles. The predicted molar refractivity (Wildman–Crippen MR) is 82.9 cm³/mol. The number of benzene rings is 1. The maximum atomic E-state index is 12.3. The minimum atomic E-state index is -0.638. The summed E-state index contributed by atoms with van der Waals surface area (Å²) < 4.78 is 0. The molecule has 6 heteroatoms. The van der Waals surface area contributed by atoms with Gasteiger partial charge in [-0.2, -0.15) is 0 Å². The number of carbonyl (C=O) groups is 2. The second-order valence-corrected chi connectivity index (χ2v) is 4.61. The van der Waals surface area contributed by atoms with Crippen LogP contribution in [0.3, 0.4) is 0 Å². The highest BCUT2D eigenvalue weighted by Gasteiger charge is 2.21. The summed E-state index contributed by atoms with van der Waals surface area (Å²) in [6.45, 7) is 0.418. The molecule has 1 aromatic heterocycles. The average Bonchev–Trinajstić information content (AvgIpc) is 2.57. The number of urea groups is 1. The third-order valence-electron chi connectivity index (χ3n) is 3.07. The number of pyridine rings is 1. The molecule has 0 unspecified atom stereocenters. The van der Waals surface area contributed by atoms with Crippen LogP contribution in [0.15, 0.2) is 54.7 Å². The van der Waals surface area contributed by atoms with Crippen molar-refractivity contribution in [3.05, 3.63) is 66.0 Å². The molecular weight excluding hydrogens is 280 g/mol. The quantitative estimate of drug-likeness (QED) is 0.778. The van der Waals surface area contributed by atoms with Gasteiger partial charge in [-0.15, -0.1) is 0 Å². The smallest absolute Gasteiger partial charge is 0.321 e. The molecule has 0 radical (unpaired) electrons. The number of nitrogens with zero attached hydrogens (tertiary/aromatic N) is 1. The van der Waals surface area contributed by atoms with E-state index in [0.29, 0.717) is 6.54 Å². The van der Waals surface area contributed by atoms with Gasteiger partial charge in [0.15, 0.2) is 0 Å². The van der Waals surface area contributed by atoms with Crippen molar-refractivity contribution in [2.45, 2.75) is 12.6 Å². The SMILES string of the molecule is CNC(=O)NC(=O)[C@H](NCc1ccccn1)c1ccccc1. The molecule has 3 N–H and O–H groups in total. The van der Waals surface area contributed by atoms with Gasteiger partial charge in [-0.05, 0) is 17.7 Å². The molecule has 0 aliphatic rings. The maximum absolute atomic E-state index is 12.3. The Kier molecular flexibility index (Phi) is 5.62. The fraction of sp³-hybridized carbons (Fsp3) is 0.188. The third kappa shape index (κ3) is 4.39. The third-order valence-corrected chi connectivity index (χ3v) is 3.07. The number of hydrogen-bond acceptors (Lipinski definition) is 4. The van der Waals surface area contributed by atoms with Crippen molar-refractivity contribution in [3.63, 3.8) is 0 Å². The maximum Gasteiger partial charge on any atom is 0.321 e. The Morgan fingerprint density at radius 1 is 1.09 bits per heavy atom.